The molecule has 0 fully saturated rings. The molecule has 16 heavy (non-hydrogen) atoms. The Kier molecular flexibility index (Phi) is 2.48. The lowest BCUT2D eigenvalue weighted by Gasteiger charge is -2.07. The van der Waals surface area contributed by atoms with Crippen LogP contribution in [-0.4, -0.2) is 13.0 Å². The molecule has 0 heterocycles. The zero-order valence-corrected chi connectivity index (χ0v) is 9.88. The maximum atomic E-state index is 11.1. The third-order valence-electron chi connectivity index (χ3n) is 2.69. The van der Waals surface area contributed by atoms with E-state index in [0.29, 0.717) is 0 Å². The van der Waals surface area contributed by atoms with Crippen LogP contribution in [0.2, 0.25) is 0 Å². The van der Waals surface area contributed by atoms with Crippen molar-refractivity contribution < 1.29 is 13.0 Å². The molecule has 0 saturated heterocycles. The summed E-state index contributed by atoms with van der Waals surface area (Å²) in [6.07, 6.45) is 0. The van der Waals surface area contributed by atoms with Gasteiger partial charge in [-0.1, -0.05) is 18.2 Å². The van der Waals surface area contributed by atoms with E-state index in [1.165, 1.54) is 12.1 Å². The first-order valence-corrected chi connectivity index (χ1v) is 6.31. The Morgan fingerprint density at radius 2 is 1.69 bits per heavy atom. The highest BCUT2D eigenvalue weighted by Crippen LogP contribution is 2.25. The predicted molar refractivity (Wildman–Crippen MR) is 63.2 cm³/mol. The van der Waals surface area contributed by atoms with E-state index in [2.05, 4.69) is 0 Å². The van der Waals surface area contributed by atoms with E-state index in [4.69, 9.17) is 4.55 Å². The van der Waals surface area contributed by atoms with Crippen molar-refractivity contribution in [3.63, 3.8) is 0 Å². The van der Waals surface area contributed by atoms with E-state index in [1.807, 2.05) is 32.0 Å². The second-order valence-corrected chi connectivity index (χ2v) is 5.31. The summed E-state index contributed by atoms with van der Waals surface area (Å²) in [4.78, 5) is -0.0493. The molecule has 0 amide bonds. The maximum Gasteiger partial charge on any atom is 0.294 e. The number of hydrogen-bond donors (Lipinski definition) is 1. The lowest BCUT2D eigenvalue weighted by molar-refractivity contribution is 0.483. The SMILES string of the molecule is Cc1cc(S(=O)(=O)O)cc2c(C)cccc12. The largest absolute Gasteiger partial charge is 0.294 e. The standard InChI is InChI=1S/C12H12O3S/c1-8-4-3-5-11-9(2)6-10(7-12(8)11)16(13,14)15/h3-7H,1-2H3,(H,13,14,15). The third-order valence-corrected chi connectivity index (χ3v) is 3.52. The fourth-order valence-corrected chi connectivity index (χ4v) is 2.43. The molecule has 0 aliphatic carbocycles. The van der Waals surface area contributed by atoms with Gasteiger partial charge in [0.2, 0.25) is 0 Å². The second kappa shape index (κ2) is 3.57. The van der Waals surface area contributed by atoms with E-state index in [9.17, 15) is 8.42 Å². The fourth-order valence-electron chi connectivity index (χ4n) is 1.84. The summed E-state index contributed by atoms with van der Waals surface area (Å²) in [6.45, 7) is 3.74. The van der Waals surface area contributed by atoms with Gasteiger partial charge < -0.3 is 0 Å². The average Bonchev–Trinajstić information content (AvgIpc) is 2.18. The first-order valence-electron chi connectivity index (χ1n) is 4.87. The van der Waals surface area contributed by atoms with E-state index < -0.39 is 10.1 Å². The molecule has 3 nitrogen and oxygen atoms in total. The molecule has 84 valence electrons. The summed E-state index contributed by atoms with van der Waals surface area (Å²) in [7, 11) is -4.13. The van der Waals surface area contributed by atoms with Crippen LogP contribution in [0.3, 0.4) is 0 Å². The van der Waals surface area contributed by atoms with Crippen LogP contribution in [-0.2, 0) is 10.1 Å². The van der Waals surface area contributed by atoms with Crippen LogP contribution < -0.4 is 0 Å². The van der Waals surface area contributed by atoms with Crippen LogP contribution in [0.25, 0.3) is 10.8 Å². The second-order valence-electron chi connectivity index (χ2n) is 3.89. The van der Waals surface area contributed by atoms with Crippen molar-refractivity contribution in [1.82, 2.24) is 0 Å². The third kappa shape index (κ3) is 1.81. The molecule has 2 aromatic carbocycles. The highest BCUT2D eigenvalue weighted by molar-refractivity contribution is 7.85. The summed E-state index contributed by atoms with van der Waals surface area (Å²) in [5.41, 5.74) is 1.83. The van der Waals surface area contributed by atoms with Crippen LogP contribution in [0.4, 0.5) is 0 Å². The molecule has 0 saturated carbocycles. The van der Waals surface area contributed by atoms with Crippen LogP contribution >= 0.6 is 0 Å². The fraction of sp³-hybridized carbons (Fsp3) is 0.167. The van der Waals surface area contributed by atoms with Crippen molar-refractivity contribution >= 4 is 20.9 Å². The number of fused-ring (bicyclic) bond motifs is 1. The molecular formula is C12H12O3S. The molecule has 2 aromatic rings. The summed E-state index contributed by atoms with van der Waals surface area (Å²) >= 11 is 0. The lowest BCUT2D eigenvalue weighted by atomic mass is 10.0. The van der Waals surface area contributed by atoms with Gasteiger partial charge in [0.1, 0.15) is 0 Å². The Morgan fingerprint density at radius 1 is 1.00 bits per heavy atom. The van der Waals surface area contributed by atoms with Gasteiger partial charge in [-0.25, -0.2) is 0 Å². The minimum atomic E-state index is -4.13. The molecular weight excluding hydrogens is 224 g/mol. The van der Waals surface area contributed by atoms with Crippen molar-refractivity contribution in [3.8, 4) is 0 Å². The van der Waals surface area contributed by atoms with Gasteiger partial charge >= 0.3 is 0 Å². The molecule has 0 atom stereocenters. The van der Waals surface area contributed by atoms with E-state index >= 15 is 0 Å². The molecule has 4 heteroatoms. The number of aryl methyl sites for hydroxylation is 2. The summed E-state index contributed by atoms with van der Waals surface area (Å²) in [5.74, 6) is 0. The normalized spacial score (nSPS) is 11.9. The Hall–Kier alpha value is -1.39. The maximum absolute atomic E-state index is 11.1. The Morgan fingerprint density at radius 3 is 2.31 bits per heavy atom. The van der Waals surface area contributed by atoms with Gasteiger partial charge in [-0.3, -0.25) is 4.55 Å². The zero-order valence-electron chi connectivity index (χ0n) is 9.06. The highest BCUT2D eigenvalue weighted by Gasteiger charge is 2.12. The number of benzene rings is 2. The van der Waals surface area contributed by atoms with Crippen molar-refractivity contribution in [2.75, 3.05) is 0 Å². The first kappa shape index (κ1) is 11.1. The molecule has 0 aromatic heterocycles. The highest BCUT2D eigenvalue weighted by atomic mass is 32.2. The zero-order chi connectivity index (χ0) is 11.9. The van der Waals surface area contributed by atoms with Gasteiger partial charge in [0.15, 0.2) is 0 Å². The molecule has 0 aliphatic heterocycles. The molecule has 0 radical (unpaired) electrons. The molecule has 1 N–H and O–H groups in total. The van der Waals surface area contributed by atoms with Crippen LogP contribution in [0, 0.1) is 13.8 Å². The van der Waals surface area contributed by atoms with Crippen molar-refractivity contribution in [3.05, 3.63) is 41.5 Å². The quantitative estimate of drug-likeness (QED) is 0.774. The molecule has 0 aliphatic rings. The van der Waals surface area contributed by atoms with Gasteiger partial charge in [0, 0.05) is 0 Å². The van der Waals surface area contributed by atoms with Crippen molar-refractivity contribution in [2.45, 2.75) is 18.7 Å². The van der Waals surface area contributed by atoms with E-state index in [-0.39, 0.29) is 4.90 Å². The Bertz CT molecular complexity index is 657. The topological polar surface area (TPSA) is 54.4 Å². The van der Waals surface area contributed by atoms with Gasteiger partial charge in [-0.05, 0) is 47.9 Å². The van der Waals surface area contributed by atoms with Gasteiger partial charge in [0.25, 0.3) is 10.1 Å². The van der Waals surface area contributed by atoms with Crippen molar-refractivity contribution in [1.29, 1.82) is 0 Å². The minimum absolute atomic E-state index is 0.0493. The van der Waals surface area contributed by atoms with Crippen LogP contribution in [0.5, 0.6) is 0 Å². The average molecular weight is 236 g/mol. The monoisotopic (exact) mass is 236 g/mol. The van der Waals surface area contributed by atoms with Crippen LogP contribution in [0.1, 0.15) is 11.1 Å². The molecule has 2 rings (SSSR count). The summed E-state index contributed by atoms with van der Waals surface area (Å²) < 4.78 is 31.2. The van der Waals surface area contributed by atoms with Gasteiger partial charge in [-0.15, -0.1) is 0 Å². The first-order chi connectivity index (χ1) is 7.39. The number of rotatable bonds is 1. The predicted octanol–water partition coefficient (Wildman–Crippen LogP) is 2.70. The van der Waals surface area contributed by atoms with Gasteiger partial charge in [-0.2, -0.15) is 8.42 Å². The Balaban J connectivity index is 2.91. The smallest absolute Gasteiger partial charge is 0.282 e. The minimum Gasteiger partial charge on any atom is -0.282 e. The van der Waals surface area contributed by atoms with Crippen molar-refractivity contribution in [2.24, 2.45) is 0 Å². The summed E-state index contributed by atoms with van der Waals surface area (Å²) in [5, 5.41) is 1.86. The van der Waals surface area contributed by atoms with Crippen LogP contribution in [0.15, 0.2) is 35.2 Å². The molecule has 0 bridgehead atoms. The lowest BCUT2D eigenvalue weighted by Crippen LogP contribution is -1.99. The summed E-state index contributed by atoms with van der Waals surface area (Å²) in [6, 6.07) is 8.77. The number of hydrogen-bond acceptors (Lipinski definition) is 2. The van der Waals surface area contributed by atoms with Gasteiger partial charge in [0.05, 0.1) is 4.90 Å². The van der Waals surface area contributed by atoms with E-state index in [0.717, 1.165) is 21.9 Å². The molecule has 0 unspecified atom stereocenters. The molecule has 0 spiro atoms. The van der Waals surface area contributed by atoms with E-state index in [1.54, 1.807) is 0 Å². The Labute approximate surface area is 94.5 Å².